The van der Waals surface area contributed by atoms with Crippen LogP contribution in [0.2, 0.25) is 0 Å². The Morgan fingerprint density at radius 3 is 2.83 bits per heavy atom. The average Bonchev–Trinajstić information content (AvgIpc) is 3.36. The molecule has 0 unspecified atom stereocenters. The van der Waals surface area contributed by atoms with E-state index < -0.39 is 17.8 Å². The van der Waals surface area contributed by atoms with Gasteiger partial charge in [0.25, 0.3) is 0 Å². The van der Waals surface area contributed by atoms with E-state index in [4.69, 9.17) is 0 Å². The lowest BCUT2D eigenvalue weighted by atomic mass is 10.1. The van der Waals surface area contributed by atoms with Crippen molar-refractivity contribution in [1.29, 1.82) is 0 Å². The number of nitrogens with one attached hydrogen (secondary N) is 2. The molecule has 0 atom stereocenters. The molecule has 2 N–H and O–H groups in total. The summed E-state index contributed by atoms with van der Waals surface area (Å²) in [7, 11) is 0. The molecule has 1 aliphatic rings. The van der Waals surface area contributed by atoms with Crippen molar-refractivity contribution < 1.29 is 18.0 Å². The van der Waals surface area contributed by atoms with Gasteiger partial charge in [-0.1, -0.05) is 0 Å². The zero-order chi connectivity index (χ0) is 20.4. The number of benzene rings is 1. The number of urea groups is 1. The van der Waals surface area contributed by atoms with Gasteiger partial charge in [0.1, 0.15) is 5.82 Å². The molecule has 0 fully saturated rings. The minimum atomic E-state index is -4.53. The fourth-order valence-electron chi connectivity index (χ4n) is 3.25. The maximum atomic E-state index is 13.1. The number of nitrogens with zero attached hydrogens (tertiary/aromatic N) is 5. The SMILES string of the molecule is O=C(NCc1nnc2n1CCCC2)Nc1cc(C(F)(F)F)ccc1-n1cccn1. The number of rotatable bonds is 4. The van der Waals surface area contributed by atoms with Gasteiger partial charge in [0.2, 0.25) is 0 Å². The van der Waals surface area contributed by atoms with Crippen LogP contribution >= 0.6 is 0 Å². The minimum absolute atomic E-state index is 0.00991. The van der Waals surface area contributed by atoms with Crippen molar-refractivity contribution in [3.05, 3.63) is 53.9 Å². The van der Waals surface area contributed by atoms with Crippen LogP contribution in [-0.2, 0) is 25.7 Å². The van der Waals surface area contributed by atoms with Crippen molar-refractivity contribution in [3.63, 3.8) is 0 Å². The summed E-state index contributed by atoms with van der Waals surface area (Å²) in [5, 5.41) is 17.3. The first-order valence-corrected chi connectivity index (χ1v) is 9.09. The molecule has 1 aliphatic heterocycles. The van der Waals surface area contributed by atoms with Gasteiger partial charge < -0.3 is 15.2 Å². The number of amides is 2. The fraction of sp³-hybridized carbons (Fsp3) is 0.333. The summed E-state index contributed by atoms with van der Waals surface area (Å²) in [5.41, 5.74) is -0.558. The van der Waals surface area contributed by atoms with E-state index in [1.54, 1.807) is 12.3 Å². The Labute approximate surface area is 163 Å². The molecule has 0 radical (unpaired) electrons. The second-order valence-electron chi connectivity index (χ2n) is 6.63. The van der Waals surface area contributed by atoms with Gasteiger partial charge >= 0.3 is 12.2 Å². The molecule has 4 rings (SSSR count). The number of carbonyl (C=O) groups is 1. The number of alkyl halides is 3. The van der Waals surface area contributed by atoms with Gasteiger partial charge in [0.15, 0.2) is 5.82 Å². The maximum Gasteiger partial charge on any atom is 0.416 e. The van der Waals surface area contributed by atoms with E-state index in [-0.39, 0.29) is 12.2 Å². The number of halogens is 3. The Kier molecular flexibility index (Phi) is 4.95. The largest absolute Gasteiger partial charge is 0.416 e. The summed E-state index contributed by atoms with van der Waals surface area (Å²) in [5.74, 6) is 1.50. The van der Waals surface area contributed by atoms with Crippen molar-refractivity contribution in [2.75, 3.05) is 5.32 Å². The molecule has 0 saturated heterocycles. The maximum absolute atomic E-state index is 13.1. The van der Waals surface area contributed by atoms with Crippen LogP contribution in [0.15, 0.2) is 36.7 Å². The number of hydrogen-bond acceptors (Lipinski definition) is 4. The van der Waals surface area contributed by atoms with Gasteiger partial charge in [-0.3, -0.25) is 0 Å². The Bertz CT molecular complexity index is 1010. The molecule has 3 heterocycles. The van der Waals surface area contributed by atoms with E-state index in [0.29, 0.717) is 11.5 Å². The van der Waals surface area contributed by atoms with Crippen LogP contribution in [0.3, 0.4) is 0 Å². The van der Waals surface area contributed by atoms with Crippen molar-refractivity contribution in [2.45, 2.75) is 38.5 Å². The lowest BCUT2D eigenvalue weighted by molar-refractivity contribution is -0.137. The molecule has 1 aromatic carbocycles. The van der Waals surface area contributed by atoms with Crippen LogP contribution in [0.25, 0.3) is 5.69 Å². The topological polar surface area (TPSA) is 89.7 Å². The Balaban J connectivity index is 1.51. The summed E-state index contributed by atoms with van der Waals surface area (Å²) >= 11 is 0. The first-order valence-electron chi connectivity index (χ1n) is 9.09. The van der Waals surface area contributed by atoms with E-state index in [0.717, 1.165) is 43.8 Å². The predicted molar refractivity (Wildman–Crippen MR) is 97.4 cm³/mol. The first-order chi connectivity index (χ1) is 13.9. The molecule has 2 amide bonds. The second-order valence-corrected chi connectivity index (χ2v) is 6.63. The average molecular weight is 405 g/mol. The van der Waals surface area contributed by atoms with Gasteiger partial charge in [-0.2, -0.15) is 18.3 Å². The van der Waals surface area contributed by atoms with E-state index >= 15 is 0 Å². The Morgan fingerprint density at radius 2 is 2.07 bits per heavy atom. The predicted octanol–water partition coefficient (Wildman–Crippen LogP) is 3.14. The molecular formula is C18H18F3N7O. The summed E-state index contributed by atoms with van der Waals surface area (Å²) in [6, 6.07) is 4.08. The van der Waals surface area contributed by atoms with E-state index in [1.165, 1.54) is 16.9 Å². The van der Waals surface area contributed by atoms with E-state index in [1.807, 2.05) is 4.57 Å². The molecule has 0 spiro atoms. The first kappa shape index (κ1) is 19.0. The Morgan fingerprint density at radius 1 is 1.21 bits per heavy atom. The smallest absolute Gasteiger partial charge is 0.331 e. The number of hydrogen-bond donors (Lipinski definition) is 2. The summed E-state index contributed by atoms with van der Waals surface area (Å²) in [6.07, 6.45) is 1.45. The van der Waals surface area contributed by atoms with Gasteiger partial charge in [-0.05, 0) is 37.1 Å². The molecule has 8 nitrogen and oxygen atoms in total. The molecule has 0 bridgehead atoms. The van der Waals surface area contributed by atoms with Gasteiger partial charge in [-0.25, -0.2) is 9.48 Å². The van der Waals surface area contributed by atoms with Crippen molar-refractivity contribution in [3.8, 4) is 5.69 Å². The lowest BCUT2D eigenvalue weighted by Crippen LogP contribution is -2.30. The van der Waals surface area contributed by atoms with Gasteiger partial charge in [0.05, 0.1) is 23.5 Å². The highest BCUT2D eigenvalue weighted by Crippen LogP contribution is 2.33. The second kappa shape index (κ2) is 7.57. The van der Waals surface area contributed by atoms with E-state index in [2.05, 4.69) is 25.9 Å². The summed E-state index contributed by atoms with van der Waals surface area (Å²) in [4.78, 5) is 12.4. The molecule has 2 aromatic heterocycles. The number of aryl methyl sites for hydroxylation is 1. The van der Waals surface area contributed by atoms with Gasteiger partial charge in [0, 0.05) is 25.4 Å². The molecule has 0 aliphatic carbocycles. The highest BCUT2D eigenvalue weighted by molar-refractivity contribution is 5.91. The third-order valence-corrected chi connectivity index (χ3v) is 4.67. The van der Waals surface area contributed by atoms with Crippen LogP contribution in [0.1, 0.15) is 30.1 Å². The third-order valence-electron chi connectivity index (χ3n) is 4.67. The third kappa shape index (κ3) is 4.08. The summed E-state index contributed by atoms with van der Waals surface area (Å²) in [6.45, 7) is 0.910. The zero-order valence-corrected chi connectivity index (χ0v) is 15.3. The highest BCUT2D eigenvalue weighted by atomic mass is 19.4. The molecular weight excluding hydrogens is 387 g/mol. The summed E-state index contributed by atoms with van der Waals surface area (Å²) < 4.78 is 42.7. The minimum Gasteiger partial charge on any atom is -0.331 e. The number of anilines is 1. The quantitative estimate of drug-likeness (QED) is 0.698. The molecule has 3 aromatic rings. The van der Waals surface area contributed by atoms with Gasteiger partial charge in [-0.15, -0.1) is 10.2 Å². The molecule has 0 saturated carbocycles. The Hall–Kier alpha value is -3.37. The van der Waals surface area contributed by atoms with Crippen molar-refractivity contribution in [1.82, 2.24) is 29.9 Å². The number of fused-ring (bicyclic) bond motifs is 1. The normalized spacial score (nSPS) is 13.8. The fourth-order valence-corrected chi connectivity index (χ4v) is 3.25. The zero-order valence-electron chi connectivity index (χ0n) is 15.3. The standard InChI is InChI=1S/C18H18F3N7O/c19-18(20,21)12-5-6-14(28-9-3-7-23-28)13(10-12)24-17(29)22-11-16-26-25-15-4-1-2-8-27(15)16/h3,5-7,9-10H,1-2,4,8,11H2,(H2,22,24,29). The van der Waals surface area contributed by atoms with Crippen molar-refractivity contribution >= 4 is 11.7 Å². The monoisotopic (exact) mass is 405 g/mol. The van der Waals surface area contributed by atoms with Crippen LogP contribution in [0.5, 0.6) is 0 Å². The van der Waals surface area contributed by atoms with Crippen LogP contribution in [0.4, 0.5) is 23.7 Å². The highest BCUT2D eigenvalue weighted by Gasteiger charge is 2.31. The molecule has 29 heavy (non-hydrogen) atoms. The van der Waals surface area contributed by atoms with Crippen molar-refractivity contribution in [2.24, 2.45) is 0 Å². The van der Waals surface area contributed by atoms with E-state index in [9.17, 15) is 18.0 Å². The molecule has 11 heteroatoms. The number of aromatic nitrogens is 5. The lowest BCUT2D eigenvalue weighted by Gasteiger charge is -2.16. The van der Waals surface area contributed by atoms with Crippen LogP contribution < -0.4 is 10.6 Å². The van der Waals surface area contributed by atoms with Crippen LogP contribution in [-0.4, -0.2) is 30.6 Å². The van der Waals surface area contributed by atoms with Crippen LogP contribution in [0, 0.1) is 0 Å². The number of carbonyl (C=O) groups excluding carboxylic acids is 1. The molecule has 152 valence electrons.